The van der Waals surface area contributed by atoms with Crippen LogP contribution in [-0.2, 0) is 21.4 Å². The van der Waals surface area contributed by atoms with Crippen LogP contribution in [0.4, 0.5) is 13.2 Å². The van der Waals surface area contributed by atoms with Crippen molar-refractivity contribution in [2.45, 2.75) is 30.0 Å². The van der Waals surface area contributed by atoms with Crippen LogP contribution in [-0.4, -0.2) is 33.9 Å². The molecule has 0 heterocycles. The Morgan fingerprint density at radius 2 is 1.41 bits per heavy atom. The summed E-state index contributed by atoms with van der Waals surface area (Å²) in [4.78, 5) is 20.4. The lowest BCUT2D eigenvalue weighted by Gasteiger charge is -2.21. The van der Waals surface area contributed by atoms with Crippen LogP contribution in [0.15, 0.2) is 60.7 Å². The van der Waals surface area contributed by atoms with Gasteiger partial charge in [0.25, 0.3) is 0 Å². The van der Waals surface area contributed by atoms with E-state index in [1.165, 1.54) is 0 Å². The number of hydrogen-bond donors (Lipinski definition) is 3. The van der Waals surface area contributed by atoms with Gasteiger partial charge in [0, 0.05) is 5.41 Å². The number of benzene rings is 2. The van der Waals surface area contributed by atoms with Crippen molar-refractivity contribution < 1.29 is 33.0 Å². The van der Waals surface area contributed by atoms with Crippen molar-refractivity contribution in [2.24, 2.45) is 5.73 Å². The minimum Gasteiger partial charge on any atom is -0.480 e. The molecule has 8 heteroatoms. The van der Waals surface area contributed by atoms with Crippen molar-refractivity contribution in [1.29, 1.82) is 0 Å². The van der Waals surface area contributed by atoms with E-state index in [4.69, 9.17) is 15.6 Å². The molecule has 0 radical (unpaired) electrons. The Kier molecular flexibility index (Phi) is 5.60. The van der Waals surface area contributed by atoms with Gasteiger partial charge < -0.3 is 15.9 Å². The summed E-state index contributed by atoms with van der Waals surface area (Å²) in [5.74, 6) is -3.68. The summed E-state index contributed by atoms with van der Waals surface area (Å²) >= 11 is 0. The minimum absolute atomic E-state index is 0.480. The average molecular weight is 381 g/mol. The molecule has 0 amide bonds. The van der Waals surface area contributed by atoms with Crippen molar-refractivity contribution in [1.82, 2.24) is 0 Å². The standard InChI is InChI=1S/C17H17NO2.C2HF3O2/c18-17(15(19)20)12-16(17,14-9-5-2-6-10-14)11-13-7-3-1-4-8-13;3-2(4,5)1(6)7/h1-10H,11-12,18H2,(H,19,20);(H,6,7)/t16-,17-;/m1./s1. The second-order valence-electron chi connectivity index (χ2n) is 6.37. The molecule has 0 saturated heterocycles. The van der Waals surface area contributed by atoms with E-state index in [1.54, 1.807) is 0 Å². The third-order valence-electron chi connectivity index (χ3n) is 4.61. The maximum absolute atomic E-state index is 11.5. The van der Waals surface area contributed by atoms with E-state index in [1.807, 2.05) is 60.7 Å². The summed E-state index contributed by atoms with van der Waals surface area (Å²) in [6.07, 6.45) is -3.95. The van der Waals surface area contributed by atoms with Crippen LogP contribution in [0.2, 0.25) is 0 Å². The van der Waals surface area contributed by atoms with Crippen molar-refractivity contribution in [3.8, 4) is 0 Å². The molecular weight excluding hydrogens is 363 g/mol. The zero-order valence-corrected chi connectivity index (χ0v) is 14.1. The van der Waals surface area contributed by atoms with Crippen molar-refractivity contribution in [3.05, 3.63) is 71.8 Å². The largest absolute Gasteiger partial charge is 0.490 e. The Balaban J connectivity index is 0.000000321. The Morgan fingerprint density at radius 1 is 0.963 bits per heavy atom. The smallest absolute Gasteiger partial charge is 0.480 e. The molecule has 3 rings (SSSR count). The van der Waals surface area contributed by atoms with E-state index in [9.17, 15) is 23.1 Å². The first-order chi connectivity index (χ1) is 12.5. The van der Waals surface area contributed by atoms with Gasteiger partial charge in [0.1, 0.15) is 5.54 Å². The van der Waals surface area contributed by atoms with E-state index in [2.05, 4.69) is 0 Å². The molecule has 0 unspecified atom stereocenters. The molecule has 5 nitrogen and oxygen atoms in total. The van der Waals surface area contributed by atoms with Crippen molar-refractivity contribution >= 4 is 11.9 Å². The molecule has 0 aliphatic heterocycles. The molecule has 27 heavy (non-hydrogen) atoms. The van der Waals surface area contributed by atoms with Gasteiger partial charge in [0.2, 0.25) is 0 Å². The fraction of sp³-hybridized carbons (Fsp3) is 0.263. The van der Waals surface area contributed by atoms with E-state index in [-0.39, 0.29) is 0 Å². The van der Waals surface area contributed by atoms with Gasteiger partial charge in [-0.15, -0.1) is 0 Å². The van der Waals surface area contributed by atoms with Gasteiger partial charge in [-0.3, -0.25) is 4.79 Å². The van der Waals surface area contributed by atoms with Crippen molar-refractivity contribution in [2.75, 3.05) is 0 Å². The van der Waals surface area contributed by atoms with Gasteiger partial charge in [0.15, 0.2) is 0 Å². The van der Waals surface area contributed by atoms with Gasteiger partial charge in [-0.25, -0.2) is 4.79 Å². The lowest BCUT2D eigenvalue weighted by molar-refractivity contribution is -0.192. The maximum atomic E-state index is 11.5. The van der Waals surface area contributed by atoms with Crippen LogP contribution < -0.4 is 5.73 Å². The van der Waals surface area contributed by atoms with Gasteiger partial charge in [0.05, 0.1) is 0 Å². The first kappa shape index (κ1) is 20.4. The molecule has 2 atom stereocenters. The quantitative estimate of drug-likeness (QED) is 0.756. The number of carbonyl (C=O) groups is 2. The van der Waals surface area contributed by atoms with Crippen LogP contribution >= 0.6 is 0 Å². The number of alkyl halides is 3. The molecule has 2 aromatic rings. The van der Waals surface area contributed by atoms with E-state index in [0.717, 1.165) is 11.1 Å². The molecule has 0 bridgehead atoms. The number of carboxylic acid groups (broad SMARTS) is 2. The number of nitrogens with two attached hydrogens (primary N) is 1. The highest BCUT2D eigenvalue weighted by atomic mass is 19.4. The monoisotopic (exact) mass is 381 g/mol. The van der Waals surface area contributed by atoms with Gasteiger partial charge >= 0.3 is 18.1 Å². The van der Waals surface area contributed by atoms with Crippen LogP contribution in [0.1, 0.15) is 17.5 Å². The summed E-state index contributed by atoms with van der Waals surface area (Å²) in [6.45, 7) is 0. The highest BCUT2D eigenvalue weighted by molar-refractivity contribution is 5.87. The molecule has 2 aromatic carbocycles. The van der Waals surface area contributed by atoms with Gasteiger partial charge in [-0.2, -0.15) is 13.2 Å². The molecular formula is C19H18F3NO4. The zero-order chi connectivity index (χ0) is 20.3. The van der Waals surface area contributed by atoms with Crippen LogP contribution in [0, 0.1) is 0 Å². The van der Waals surface area contributed by atoms with Gasteiger partial charge in [-0.05, 0) is 24.0 Å². The highest BCUT2D eigenvalue weighted by Gasteiger charge is 2.70. The minimum atomic E-state index is -5.08. The summed E-state index contributed by atoms with van der Waals surface area (Å²) in [5.41, 5.74) is 6.61. The van der Waals surface area contributed by atoms with Crippen molar-refractivity contribution in [3.63, 3.8) is 0 Å². The molecule has 1 aliphatic carbocycles. The predicted octanol–water partition coefficient (Wildman–Crippen LogP) is 2.99. The Morgan fingerprint density at radius 3 is 1.78 bits per heavy atom. The Bertz CT molecular complexity index is 811. The van der Waals surface area contributed by atoms with E-state index >= 15 is 0 Å². The normalized spacial score (nSPS) is 23.7. The molecule has 4 N–H and O–H groups in total. The SMILES string of the molecule is N[C@@]1(C(=O)O)C[C@]1(Cc1ccccc1)c1ccccc1.O=C(O)C(F)(F)F. The van der Waals surface area contributed by atoms with Crippen LogP contribution in [0.3, 0.4) is 0 Å². The third-order valence-corrected chi connectivity index (χ3v) is 4.61. The first-order valence-corrected chi connectivity index (χ1v) is 7.95. The van der Waals surface area contributed by atoms with Gasteiger partial charge in [-0.1, -0.05) is 60.7 Å². The average Bonchev–Trinajstić information content (AvgIpc) is 3.23. The maximum Gasteiger partial charge on any atom is 0.490 e. The molecule has 0 aromatic heterocycles. The number of halogens is 3. The fourth-order valence-corrected chi connectivity index (χ4v) is 3.10. The number of hydrogen-bond acceptors (Lipinski definition) is 3. The highest BCUT2D eigenvalue weighted by Crippen LogP contribution is 2.58. The first-order valence-electron chi connectivity index (χ1n) is 7.95. The van der Waals surface area contributed by atoms with Crippen LogP contribution in [0.25, 0.3) is 0 Å². The third kappa shape index (κ3) is 4.28. The Labute approximate surface area is 153 Å². The predicted molar refractivity (Wildman–Crippen MR) is 91.1 cm³/mol. The fourth-order valence-electron chi connectivity index (χ4n) is 3.10. The molecule has 0 spiro atoms. The second-order valence-corrected chi connectivity index (χ2v) is 6.37. The number of carboxylic acids is 2. The second kappa shape index (κ2) is 7.40. The summed E-state index contributed by atoms with van der Waals surface area (Å²) in [6, 6.07) is 19.7. The van der Waals surface area contributed by atoms with Crippen LogP contribution in [0.5, 0.6) is 0 Å². The van der Waals surface area contributed by atoms with E-state index in [0.29, 0.717) is 12.8 Å². The summed E-state index contributed by atoms with van der Waals surface area (Å²) < 4.78 is 31.7. The molecule has 1 saturated carbocycles. The molecule has 1 aliphatic rings. The number of aliphatic carboxylic acids is 2. The number of rotatable bonds is 4. The zero-order valence-electron chi connectivity index (χ0n) is 14.1. The Hall–Kier alpha value is -2.87. The molecule has 1 fully saturated rings. The summed E-state index contributed by atoms with van der Waals surface area (Å²) in [7, 11) is 0. The summed E-state index contributed by atoms with van der Waals surface area (Å²) in [5, 5.41) is 16.6. The topological polar surface area (TPSA) is 101 Å². The molecule has 144 valence electrons. The lowest BCUT2D eigenvalue weighted by atomic mass is 9.84. The lowest BCUT2D eigenvalue weighted by Crippen LogP contribution is -2.42. The van der Waals surface area contributed by atoms with E-state index < -0.39 is 29.1 Å².